The van der Waals surface area contributed by atoms with Gasteiger partial charge in [-0.1, -0.05) is 48.0 Å². The van der Waals surface area contributed by atoms with Crippen LogP contribution in [0.5, 0.6) is 0 Å². The predicted octanol–water partition coefficient (Wildman–Crippen LogP) is 3.77. The topological polar surface area (TPSA) is 61.4 Å². The van der Waals surface area contributed by atoms with Crippen LogP contribution in [0.4, 0.5) is 5.82 Å². The fourth-order valence-electron chi connectivity index (χ4n) is 4.40. The number of nitrogens with zero attached hydrogens (tertiary/aromatic N) is 4. The standard InChI is InChI=1S/C23H24ClN5O.ClH/c24-17-9-7-16(8-10-17)21-18-4-1-2-5-19(18)22(27-26-21)28-12-14-29(15-13-28)23(30)20-6-3-11-25-20;/h1-2,4-5,7-10,20,25H,3,6,11-15H2;1H/t20-;/m0./s1. The van der Waals surface area contributed by atoms with Crippen LogP contribution in [0.2, 0.25) is 5.02 Å². The second-order valence-corrected chi connectivity index (χ2v) is 8.32. The van der Waals surface area contributed by atoms with Crippen LogP contribution >= 0.6 is 24.0 Å². The maximum Gasteiger partial charge on any atom is 0.239 e. The first-order chi connectivity index (χ1) is 14.7. The van der Waals surface area contributed by atoms with Crippen LogP contribution < -0.4 is 10.2 Å². The molecule has 3 aromatic rings. The summed E-state index contributed by atoms with van der Waals surface area (Å²) in [6, 6.07) is 15.9. The maximum absolute atomic E-state index is 12.7. The summed E-state index contributed by atoms with van der Waals surface area (Å²) in [6.07, 6.45) is 2.03. The molecular weight excluding hydrogens is 433 g/mol. The molecule has 0 unspecified atom stereocenters. The van der Waals surface area contributed by atoms with E-state index in [1.165, 1.54) is 0 Å². The van der Waals surface area contributed by atoms with E-state index < -0.39 is 0 Å². The highest BCUT2D eigenvalue weighted by Crippen LogP contribution is 2.32. The van der Waals surface area contributed by atoms with Crippen LogP contribution in [0.15, 0.2) is 48.5 Å². The number of hydrogen-bond donors (Lipinski definition) is 1. The molecule has 2 fully saturated rings. The molecule has 0 saturated carbocycles. The van der Waals surface area contributed by atoms with Crippen molar-refractivity contribution in [3.8, 4) is 11.3 Å². The number of hydrogen-bond acceptors (Lipinski definition) is 5. The molecule has 1 aromatic heterocycles. The molecule has 2 saturated heterocycles. The molecule has 0 radical (unpaired) electrons. The van der Waals surface area contributed by atoms with Gasteiger partial charge >= 0.3 is 0 Å². The molecule has 0 bridgehead atoms. The van der Waals surface area contributed by atoms with Gasteiger partial charge in [0.25, 0.3) is 0 Å². The molecule has 31 heavy (non-hydrogen) atoms. The quantitative estimate of drug-likeness (QED) is 0.648. The number of rotatable bonds is 3. The molecule has 8 heteroatoms. The van der Waals surface area contributed by atoms with Gasteiger partial charge in [0.15, 0.2) is 5.82 Å². The summed E-state index contributed by atoms with van der Waals surface area (Å²) in [6.45, 7) is 3.89. The van der Waals surface area contributed by atoms with Crippen molar-refractivity contribution in [2.75, 3.05) is 37.6 Å². The fourth-order valence-corrected chi connectivity index (χ4v) is 4.52. The van der Waals surface area contributed by atoms with Crippen LogP contribution in [0.3, 0.4) is 0 Å². The second kappa shape index (κ2) is 9.39. The Kier molecular flexibility index (Phi) is 6.60. The summed E-state index contributed by atoms with van der Waals surface area (Å²) in [7, 11) is 0. The summed E-state index contributed by atoms with van der Waals surface area (Å²) in [4.78, 5) is 16.9. The first-order valence-electron chi connectivity index (χ1n) is 10.5. The van der Waals surface area contributed by atoms with E-state index in [1.807, 2.05) is 41.3 Å². The molecule has 2 aliphatic heterocycles. The summed E-state index contributed by atoms with van der Waals surface area (Å²) in [5, 5.41) is 15.3. The Morgan fingerprint density at radius 2 is 1.68 bits per heavy atom. The molecule has 5 rings (SSSR count). The Balaban J connectivity index is 0.00000231. The Bertz CT molecular complexity index is 1060. The van der Waals surface area contributed by atoms with Gasteiger partial charge < -0.3 is 15.1 Å². The average molecular weight is 458 g/mol. The molecule has 162 valence electrons. The third-order valence-electron chi connectivity index (χ3n) is 6.03. The minimum absolute atomic E-state index is 0. The number of carbonyl (C=O) groups excluding carboxylic acids is 1. The minimum Gasteiger partial charge on any atom is -0.351 e. The van der Waals surface area contributed by atoms with Crippen LogP contribution in [-0.4, -0.2) is 59.8 Å². The summed E-state index contributed by atoms with van der Waals surface area (Å²) in [5.74, 6) is 1.12. The zero-order valence-corrected chi connectivity index (χ0v) is 18.7. The van der Waals surface area contributed by atoms with Crippen molar-refractivity contribution in [3.63, 3.8) is 0 Å². The van der Waals surface area contributed by atoms with E-state index in [0.717, 1.165) is 60.3 Å². The van der Waals surface area contributed by atoms with Crippen LogP contribution in [-0.2, 0) is 4.79 Å². The highest BCUT2D eigenvalue weighted by atomic mass is 35.5. The third kappa shape index (κ3) is 4.33. The van der Waals surface area contributed by atoms with E-state index in [0.29, 0.717) is 18.1 Å². The number of benzene rings is 2. The molecule has 3 heterocycles. The lowest BCUT2D eigenvalue weighted by atomic mass is 10.0. The summed E-state index contributed by atoms with van der Waals surface area (Å²) >= 11 is 6.05. The van der Waals surface area contributed by atoms with Gasteiger partial charge in [-0.25, -0.2) is 0 Å². The Hall–Kier alpha value is -2.41. The van der Waals surface area contributed by atoms with Gasteiger partial charge in [-0.05, 0) is 31.5 Å². The normalized spacial score (nSPS) is 18.8. The number of fused-ring (bicyclic) bond motifs is 1. The van der Waals surface area contributed by atoms with Crippen molar-refractivity contribution >= 4 is 46.5 Å². The zero-order chi connectivity index (χ0) is 20.5. The van der Waals surface area contributed by atoms with Gasteiger partial charge in [-0.3, -0.25) is 4.79 Å². The third-order valence-corrected chi connectivity index (χ3v) is 6.29. The molecular formula is C23H25Cl2N5O. The molecule has 1 N–H and O–H groups in total. The van der Waals surface area contributed by atoms with Crippen molar-refractivity contribution in [2.24, 2.45) is 0 Å². The Morgan fingerprint density at radius 1 is 0.968 bits per heavy atom. The average Bonchev–Trinajstić information content (AvgIpc) is 3.34. The SMILES string of the molecule is Cl.O=C([C@@H]1CCCN1)N1CCN(c2nnc(-c3ccc(Cl)cc3)c3ccccc23)CC1. The second-order valence-electron chi connectivity index (χ2n) is 7.89. The molecule has 0 aliphatic carbocycles. The Labute approximate surface area is 193 Å². The van der Waals surface area contributed by atoms with Gasteiger partial charge in [0.05, 0.1) is 6.04 Å². The molecule has 1 amide bonds. The van der Waals surface area contributed by atoms with E-state index in [9.17, 15) is 4.79 Å². The van der Waals surface area contributed by atoms with Gasteiger partial charge in [0.1, 0.15) is 5.69 Å². The van der Waals surface area contributed by atoms with Crippen molar-refractivity contribution in [3.05, 3.63) is 53.6 Å². The van der Waals surface area contributed by atoms with Crippen LogP contribution in [0, 0.1) is 0 Å². The smallest absolute Gasteiger partial charge is 0.239 e. The molecule has 0 spiro atoms. The van der Waals surface area contributed by atoms with Crippen molar-refractivity contribution in [2.45, 2.75) is 18.9 Å². The molecule has 2 aliphatic rings. The Morgan fingerprint density at radius 3 is 2.35 bits per heavy atom. The minimum atomic E-state index is -0.00386. The largest absolute Gasteiger partial charge is 0.351 e. The molecule has 2 aromatic carbocycles. The lowest BCUT2D eigenvalue weighted by Gasteiger charge is -2.36. The van der Waals surface area contributed by atoms with Gasteiger partial charge in [0, 0.05) is 47.5 Å². The predicted molar refractivity (Wildman–Crippen MR) is 127 cm³/mol. The number of carbonyl (C=O) groups is 1. The van der Waals surface area contributed by atoms with E-state index in [1.54, 1.807) is 0 Å². The number of piperazine rings is 1. The maximum atomic E-state index is 12.7. The van der Waals surface area contributed by atoms with E-state index in [2.05, 4.69) is 32.5 Å². The summed E-state index contributed by atoms with van der Waals surface area (Å²) in [5.41, 5.74) is 1.85. The van der Waals surface area contributed by atoms with E-state index >= 15 is 0 Å². The van der Waals surface area contributed by atoms with Gasteiger partial charge in [0.2, 0.25) is 5.91 Å². The van der Waals surface area contributed by atoms with Crippen LogP contribution in [0.1, 0.15) is 12.8 Å². The van der Waals surface area contributed by atoms with Crippen LogP contribution in [0.25, 0.3) is 22.0 Å². The summed E-state index contributed by atoms with van der Waals surface area (Å²) < 4.78 is 0. The van der Waals surface area contributed by atoms with E-state index in [4.69, 9.17) is 11.6 Å². The number of anilines is 1. The van der Waals surface area contributed by atoms with Crippen molar-refractivity contribution < 1.29 is 4.79 Å². The van der Waals surface area contributed by atoms with Gasteiger partial charge in [-0.2, -0.15) is 0 Å². The molecule has 1 atom stereocenters. The highest BCUT2D eigenvalue weighted by Gasteiger charge is 2.30. The number of nitrogens with one attached hydrogen (secondary N) is 1. The monoisotopic (exact) mass is 457 g/mol. The number of aromatic nitrogens is 2. The lowest BCUT2D eigenvalue weighted by molar-refractivity contribution is -0.133. The number of amides is 1. The zero-order valence-electron chi connectivity index (χ0n) is 17.1. The number of halogens is 2. The van der Waals surface area contributed by atoms with Crippen molar-refractivity contribution in [1.29, 1.82) is 0 Å². The first-order valence-corrected chi connectivity index (χ1v) is 10.9. The van der Waals surface area contributed by atoms with Crippen molar-refractivity contribution in [1.82, 2.24) is 20.4 Å². The lowest BCUT2D eigenvalue weighted by Crippen LogP contribution is -2.53. The highest BCUT2D eigenvalue weighted by molar-refractivity contribution is 6.30. The first kappa shape index (κ1) is 21.8. The van der Waals surface area contributed by atoms with Gasteiger partial charge in [-0.15, -0.1) is 22.6 Å². The fraction of sp³-hybridized carbons (Fsp3) is 0.348. The van der Waals surface area contributed by atoms with E-state index in [-0.39, 0.29) is 24.4 Å². The molecule has 6 nitrogen and oxygen atoms in total.